The van der Waals surface area contributed by atoms with E-state index < -0.39 is 0 Å². The number of carbonyl (C=O) groups excluding carboxylic acids is 2. The molecular formula is C18H22N2O5S. The van der Waals surface area contributed by atoms with Crippen LogP contribution in [-0.2, 0) is 9.59 Å². The minimum absolute atomic E-state index is 0.0693. The molecule has 0 saturated carbocycles. The highest BCUT2D eigenvalue weighted by molar-refractivity contribution is 8.00. The largest absolute Gasteiger partial charge is 0.493 e. The fraction of sp³-hybridized carbons (Fsp3) is 0.556. The van der Waals surface area contributed by atoms with Gasteiger partial charge < -0.3 is 24.0 Å². The van der Waals surface area contributed by atoms with Crippen LogP contribution in [0.1, 0.15) is 30.2 Å². The maximum absolute atomic E-state index is 12.4. The van der Waals surface area contributed by atoms with Gasteiger partial charge in [-0.1, -0.05) is 0 Å². The Morgan fingerprint density at radius 1 is 1.23 bits per heavy atom. The first kappa shape index (κ1) is 17.3. The van der Waals surface area contributed by atoms with E-state index in [1.165, 1.54) is 0 Å². The average Bonchev–Trinajstić information content (AvgIpc) is 3.35. The third-order valence-electron chi connectivity index (χ3n) is 4.93. The molecule has 0 radical (unpaired) electrons. The molecule has 0 aliphatic carbocycles. The molecule has 4 rings (SSSR count). The molecule has 1 aromatic rings. The summed E-state index contributed by atoms with van der Waals surface area (Å²) in [7, 11) is 1.60. The van der Waals surface area contributed by atoms with Gasteiger partial charge in [0, 0.05) is 26.1 Å². The van der Waals surface area contributed by atoms with Crippen LogP contribution in [0.3, 0.4) is 0 Å². The lowest BCUT2D eigenvalue weighted by Gasteiger charge is -2.26. The molecule has 0 aromatic heterocycles. The quantitative estimate of drug-likeness (QED) is 0.754. The van der Waals surface area contributed by atoms with Crippen molar-refractivity contribution in [3.63, 3.8) is 0 Å². The van der Waals surface area contributed by atoms with Gasteiger partial charge in [0.15, 0.2) is 11.5 Å². The Labute approximate surface area is 156 Å². The molecular weight excluding hydrogens is 356 g/mol. The minimum Gasteiger partial charge on any atom is -0.493 e. The molecule has 0 bridgehead atoms. The molecule has 26 heavy (non-hydrogen) atoms. The summed E-state index contributed by atoms with van der Waals surface area (Å²) in [5.41, 5.74) is 0.971. The lowest BCUT2D eigenvalue weighted by molar-refractivity contribution is -0.128. The van der Waals surface area contributed by atoms with E-state index in [0.717, 1.165) is 24.9 Å². The molecule has 0 spiro atoms. The topological polar surface area (TPSA) is 68.3 Å². The van der Waals surface area contributed by atoms with Crippen LogP contribution < -0.4 is 14.2 Å². The summed E-state index contributed by atoms with van der Waals surface area (Å²) in [6, 6.07) is 3.85. The summed E-state index contributed by atoms with van der Waals surface area (Å²) in [4.78, 5) is 27.9. The third-order valence-corrected chi connectivity index (χ3v) is 6.19. The minimum atomic E-state index is -0.0693. The van der Waals surface area contributed by atoms with Gasteiger partial charge in [0.1, 0.15) is 5.37 Å². The van der Waals surface area contributed by atoms with Gasteiger partial charge in [-0.05, 0) is 30.5 Å². The zero-order chi connectivity index (χ0) is 18.1. The second kappa shape index (κ2) is 7.26. The van der Waals surface area contributed by atoms with Crippen LogP contribution in [-0.4, -0.2) is 60.9 Å². The highest BCUT2D eigenvalue weighted by Gasteiger charge is 2.34. The number of rotatable bonds is 6. The van der Waals surface area contributed by atoms with Gasteiger partial charge >= 0.3 is 0 Å². The van der Waals surface area contributed by atoms with Crippen molar-refractivity contribution in [1.29, 1.82) is 0 Å². The first-order chi connectivity index (χ1) is 12.7. The van der Waals surface area contributed by atoms with Crippen LogP contribution in [0.15, 0.2) is 12.1 Å². The Morgan fingerprint density at radius 2 is 2.12 bits per heavy atom. The Balaban J connectivity index is 1.47. The molecule has 1 aromatic carbocycles. The highest BCUT2D eigenvalue weighted by Crippen LogP contribution is 2.47. The summed E-state index contributed by atoms with van der Waals surface area (Å²) in [5, 5.41) is -0.0693. The Hall–Kier alpha value is -2.09. The van der Waals surface area contributed by atoms with Crippen molar-refractivity contribution >= 4 is 23.6 Å². The van der Waals surface area contributed by atoms with Crippen LogP contribution >= 0.6 is 11.8 Å². The number of benzene rings is 1. The monoisotopic (exact) mass is 378 g/mol. The molecule has 2 fully saturated rings. The Kier molecular flexibility index (Phi) is 4.84. The van der Waals surface area contributed by atoms with Gasteiger partial charge in [-0.15, -0.1) is 11.8 Å². The molecule has 1 unspecified atom stereocenters. The number of methoxy groups -OCH3 is 1. The van der Waals surface area contributed by atoms with Crippen molar-refractivity contribution in [2.75, 3.05) is 39.3 Å². The standard InChI is InChI=1S/C18H22N2O5S/c1-23-13-8-12(9-14-17(13)25-11-24-14)18-20(16(22)10-26-18)7-3-6-19-5-2-4-15(19)21/h8-9,18H,2-7,10-11H2,1H3. The van der Waals surface area contributed by atoms with E-state index in [9.17, 15) is 9.59 Å². The number of amides is 2. The van der Waals surface area contributed by atoms with E-state index in [1.54, 1.807) is 18.9 Å². The first-order valence-corrected chi connectivity index (χ1v) is 9.88. The van der Waals surface area contributed by atoms with Gasteiger partial charge in [0.05, 0.1) is 12.9 Å². The number of carbonyl (C=O) groups is 2. The first-order valence-electron chi connectivity index (χ1n) is 8.84. The number of likely N-dealkylation sites (tertiary alicyclic amines) is 1. The fourth-order valence-electron chi connectivity index (χ4n) is 3.64. The van der Waals surface area contributed by atoms with Crippen LogP contribution in [0, 0.1) is 0 Å². The average molecular weight is 378 g/mol. The number of hydrogen-bond donors (Lipinski definition) is 0. The van der Waals surface area contributed by atoms with E-state index >= 15 is 0 Å². The SMILES string of the molecule is COc1cc(C2SCC(=O)N2CCCN2CCCC2=O)cc2c1OCO2. The Morgan fingerprint density at radius 3 is 2.88 bits per heavy atom. The second-order valence-electron chi connectivity index (χ2n) is 6.55. The second-order valence-corrected chi connectivity index (χ2v) is 7.61. The summed E-state index contributed by atoms with van der Waals surface area (Å²) >= 11 is 1.60. The Bertz CT molecular complexity index is 726. The molecule has 7 nitrogen and oxygen atoms in total. The highest BCUT2D eigenvalue weighted by atomic mass is 32.2. The summed E-state index contributed by atoms with van der Waals surface area (Å²) < 4.78 is 16.4. The fourth-order valence-corrected chi connectivity index (χ4v) is 4.83. The molecule has 2 amide bonds. The normalized spacial score (nSPS) is 21.8. The van der Waals surface area contributed by atoms with E-state index in [-0.39, 0.29) is 24.0 Å². The molecule has 3 aliphatic heterocycles. The molecule has 1 atom stereocenters. The van der Waals surface area contributed by atoms with Crippen LogP contribution in [0.2, 0.25) is 0 Å². The van der Waals surface area contributed by atoms with Gasteiger partial charge in [0.2, 0.25) is 24.4 Å². The van der Waals surface area contributed by atoms with Gasteiger partial charge in [0.25, 0.3) is 0 Å². The van der Waals surface area contributed by atoms with Crippen molar-refractivity contribution in [3.05, 3.63) is 17.7 Å². The maximum atomic E-state index is 12.4. The number of hydrogen-bond acceptors (Lipinski definition) is 6. The zero-order valence-electron chi connectivity index (χ0n) is 14.7. The molecule has 2 saturated heterocycles. The zero-order valence-corrected chi connectivity index (χ0v) is 15.5. The van der Waals surface area contributed by atoms with Crippen molar-refractivity contribution in [1.82, 2.24) is 9.80 Å². The number of fused-ring (bicyclic) bond motifs is 1. The van der Waals surface area contributed by atoms with Crippen molar-refractivity contribution in [2.45, 2.75) is 24.6 Å². The summed E-state index contributed by atoms with van der Waals surface area (Å²) in [6.45, 7) is 2.37. The van der Waals surface area contributed by atoms with Crippen molar-refractivity contribution in [3.8, 4) is 17.2 Å². The maximum Gasteiger partial charge on any atom is 0.233 e. The third kappa shape index (κ3) is 3.18. The molecule has 3 heterocycles. The molecule has 8 heteroatoms. The smallest absolute Gasteiger partial charge is 0.233 e. The summed E-state index contributed by atoms with van der Waals surface area (Å²) in [5.74, 6) is 2.71. The van der Waals surface area contributed by atoms with E-state index in [1.807, 2.05) is 21.9 Å². The number of ether oxygens (including phenoxy) is 3. The van der Waals surface area contributed by atoms with E-state index in [4.69, 9.17) is 14.2 Å². The van der Waals surface area contributed by atoms with Crippen molar-refractivity contribution in [2.24, 2.45) is 0 Å². The van der Waals surface area contributed by atoms with Crippen molar-refractivity contribution < 1.29 is 23.8 Å². The van der Waals surface area contributed by atoms with Crippen LogP contribution in [0.5, 0.6) is 17.2 Å². The van der Waals surface area contributed by atoms with E-state index in [2.05, 4.69) is 0 Å². The van der Waals surface area contributed by atoms with Crippen LogP contribution in [0.25, 0.3) is 0 Å². The molecule has 140 valence electrons. The lowest BCUT2D eigenvalue weighted by Crippen LogP contribution is -2.33. The van der Waals surface area contributed by atoms with Gasteiger partial charge in [-0.3, -0.25) is 9.59 Å². The molecule has 0 N–H and O–H groups in total. The van der Waals surface area contributed by atoms with Gasteiger partial charge in [-0.2, -0.15) is 0 Å². The number of thioether (sulfide) groups is 1. The lowest BCUT2D eigenvalue weighted by atomic mass is 10.1. The number of nitrogens with zero attached hydrogens (tertiary/aromatic N) is 2. The molecule has 3 aliphatic rings. The van der Waals surface area contributed by atoms with E-state index in [0.29, 0.717) is 42.5 Å². The van der Waals surface area contributed by atoms with Gasteiger partial charge in [-0.25, -0.2) is 0 Å². The van der Waals surface area contributed by atoms with Crippen LogP contribution in [0.4, 0.5) is 0 Å². The predicted octanol–water partition coefficient (Wildman–Crippen LogP) is 2.01. The summed E-state index contributed by atoms with van der Waals surface area (Å²) in [6.07, 6.45) is 2.38. The predicted molar refractivity (Wildman–Crippen MR) is 96.5 cm³/mol.